The quantitative estimate of drug-likeness (QED) is 0.756. The predicted molar refractivity (Wildman–Crippen MR) is 92.4 cm³/mol. The lowest BCUT2D eigenvalue weighted by Gasteiger charge is -2.05. The number of rotatable bonds is 3. The molecule has 0 fully saturated rings. The van der Waals surface area contributed by atoms with Crippen molar-refractivity contribution in [1.29, 1.82) is 0 Å². The number of aliphatic hydroxyl groups excluding tert-OH is 1. The molecular weight excluding hydrogens is 286 g/mol. The molecule has 0 bridgehead atoms. The van der Waals surface area contributed by atoms with E-state index in [1.807, 2.05) is 66.0 Å². The number of fused-ring (bicyclic) bond motifs is 1. The molecule has 4 nitrogen and oxygen atoms in total. The molecule has 0 saturated heterocycles. The maximum absolute atomic E-state index is 9.31. The van der Waals surface area contributed by atoms with Gasteiger partial charge in [0.1, 0.15) is 6.33 Å². The molecule has 0 aliphatic heterocycles. The highest BCUT2D eigenvalue weighted by molar-refractivity contribution is 5.78. The third kappa shape index (κ3) is 3.42. The Hall–Kier alpha value is -2.61. The molecule has 4 heteroatoms. The Bertz CT molecular complexity index is 867. The van der Waals surface area contributed by atoms with Crippen molar-refractivity contribution in [2.24, 2.45) is 0 Å². The molecule has 0 amide bonds. The summed E-state index contributed by atoms with van der Waals surface area (Å²) in [6, 6.07) is 13.9. The highest BCUT2D eigenvalue weighted by atomic mass is 16.3. The molecule has 0 unspecified atom stereocenters. The Labute approximate surface area is 136 Å². The van der Waals surface area contributed by atoms with E-state index < -0.39 is 0 Å². The van der Waals surface area contributed by atoms with E-state index >= 15 is 0 Å². The second kappa shape index (κ2) is 6.66. The predicted octanol–water partition coefficient (Wildman–Crippen LogP) is 2.43. The molecule has 0 aliphatic rings. The van der Waals surface area contributed by atoms with E-state index in [1.54, 1.807) is 6.33 Å². The smallest absolute Gasteiger partial charge is 0.100 e. The second-order valence-electron chi connectivity index (χ2n) is 5.68. The zero-order chi connectivity index (χ0) is 16.2. The monoisotopic (exact) mass is 305 g/mol. The number of imidazole rings is 1. The van der Waals surface area contributed by atoms with Crippen LogP contribution in [0.25, 0.3) is 16.7 Å². The summed E-state index contributed by atoms with van der Waals surface area (Å²) in [5.74, 6) is 6.28. The number of aromatic nitrogens is 2. The maximum Gasteiger partial charge on any atom is 0.100 e. The van der Waals surface area contributed by atoms with E-state index in [2.05, 4.69) is 16.8 Å². The van der Waals surface area contributed by atoms with Gasteiger partial charge in [0.05, 0.1) is 24.2 Å². The third-order valence-electron chi connectivity index (χ3n) is 3.57. The van der Waals surface area contributed by atoms with Crippen LogP contribution >= 0.6 is 0 Å². The van der Waals surface area contributed by atoms with Crippen LogP contribution in [0, 0.1) is 11.8 Å². The zero-order valence-electron chi connectivity index (χ0n) is 13.3. The van der Waals surface area contributed by atoms with Crippen LogP contribution in [0.4, 0.5) is 0 Å². The average Bonchev–Trinajstić information content (AvgIpc) is 2.98. The molecule has 0 atom stereocenters. The van der Waals surface area contributed by atoms with Crippen LogP contribution < -0.4 is 0 Å². The number of hydrogen-bond donors (Lipinski definition) is 1. The molecule has 3 rings (SSSR count). The summed E-state index contributed by atoms with van der Waals surface area (Å²) >= 11 is 0. The van der Waals surface area contributed by atoms with Crippen LogP contribution in [-0.2, 0) is 6.61 Å². The lowest BCUT2D eigenvalue weighted by molar-refractivity contribution is 0.282. The third-order valence-corrected chi connectivity index (χ3v) is 3.57. The van der Waals surface area contributed by atoms with Gasteiger partial charge in [-0.3, -0.25) is 9.47 Å². The van der Waals surface area contributed by atoms with Crippen molar-refractivity contribution in [3.63, 3.8) is 0 Å². The minimum absolute atomic E-state index is 0.0293. The fourth-order valence-electron chi connectivity index (χ4n) is 2.36. The first kappa shape index (κ1) is 15.3. The van der Waals surface area contributed by atoms with Gasteiger partial charge in [-0.2, -0.15) is 0 Å². The highest BCUT2D eigenvalue weighted by Gasteiger charge is 2.05. The summed E-state index contributed by atoms with van der Waals surface area (Å²) in [5.41, 5.74) is 4.81. The standard InChI is InChI=1S/C19H19N3O/c1-21(2)11-3-4-15-5-8-17(9-6-15)22-14-20-18-10-7-16(13-23)12-19(18)22/h5-10,12,14,23H,11,13H2,1-2H3. The van der Waals surface area contributed by atoms with Gasteiger partial charge in [-0.25, -0.2) is 4.98 Å². The maximum atomic E-state index is 9.31. The van der Waals surface area contributed by atoms with Crippen LogP contribution in [0.3, 0.4) is 0 Å². The molecule has 116 valence electrons. The van der Waals surface area contributed by atoms with Crippen molar-refractivity contribution < 1.29 is 5.11 Å². The van der Waals surface area contributed by atoms with Gasteiger partial charge < -0.3 is 5.11 Å². The van der Waals surface area contributed by atoms with E-state index in [0.29, 0.717) is 0 Å². The SMILES string of the molecule is CN(C)CC#Cc1ccc(-n2cnc3ccc(CO)cc32)cc1. The largest absolute Gasteiger partial charge is 0.392 e. The fourth-order valence-corrected chi connectivity index (χ4v) is 2.36. The fraction of sp³-hybridized carbons (Fsp3) is 0.211. The van der Waals surface area contributed by atoms with Gasteiger partial charge in [0.15, 0.2) is 0 Å². The first-order valence-corrected chi connectivity index (χ1v) is 7.48. The average molecular weight is 305 g/mol. The van der Waals surface area contributed by atoms with E-state index in [-0.39, 0.29) is 6.61 Å². The van der Waals surface area contributed by atoms with Crippen LogP contribution in [0.5, 0.6) is 0 Å². The molecule has 1 heterocycles. The lowest BCUT2D eigenvalue weighted by Crippen LogP contribution is -2.10. The summed E-state index contributed by atoms with van der Waals surface area (Å²) in [7, 11) is 4.01. The highest BCUT2D eigenvalue weighted by Crippen LogP contribution is 2.20. The molecule has 0 radical (unpaired) electrons. The molecule has 0 spiro atoms. The Morgan fingerprint density at radius 2 is 1.91 bits per heavy atom. The van der Waals surface area contributed by atoms with Crippen LogP contribution in [0.1, 0.15) is 11.1 Å². The topological polar surface area (TPSA) is 41.3 Å². The first-order valence-electron chi connectivity index (χ1n) is 7.48. The van der Waals surface area contributed by atoms with Crippen molar-refractivity contribution in [3.05, 3.63) is 59.9 Å². The summed E-state index contributed by atoms with van der Waals surface area (Å²) in [6.07, 6.45) is 1.80. The molecule has 2 aromatic carbocycles. The van der Waals surface area contributed by atoms with Crippen LogP contribution in [0.15, 0.2) is 48.8 Å². The first-order chi connectivity index (χ1) is 11.2. The zero-order valence-corrected chi connectivity index (χ0v) is 13.3. The number of aliphatic hydroxyl groups is 1. The minimum atomic E-state index is 0.0293. The van der Waals surface area contributed by atoms with E-state index in [4.69, 9.17) is 0 Å². The van der Waals surface area contributed by atoms with Gasteiger partial charge in [-0.1, -0.05) is 17.9 Å². The van der Waals surface area contributed by atoms with Gasteiger partial charge in [0.2, 0.25) is 0 Å². The summed E-state index contributed by atoms with van der Waals surface area (Å²) in [4.78, 5) is 6.45. The van der Waals surface area contributed by atoms with Gasteiger partial charge in [0, 0.05) is 11.3 Å². The van der Waals surface area contributed by atoms with Gasteiger partial charge in [-0.15, -0.1) is 0 Å². The number of benzene rings is 2. The van der Waals surface area contributed by atoms with Crippen LogP contribution in [-0.4, -0.2) is 40.2 Å². The summed E-state index contributed by atoms with van der Waals surface area (Å²) in [6.45, 7) is 0.777. The van der Waals surface area contributed by atoms with E-state index in [9.17, 15) is 5.11 Å². The molecule has 0 saturated carbocycles. The molecule has 23 heavy (non-hydrogen) atoms. The molecule has 3 aromatic rings. The van der Waals surface area contributed by atoms with Gasteiger partial charge >= 0.3 is 0 Å². The van der Waals surface area contributed by atoms with Crippen molar-refractivity contribution >= 4 is 11.0 Å². The Morgan fingerprint density at radius 1 is 1.13 bits per heavy atom. The van der Waals surface area contributed by atoms with E-state index in [0.717, 1.165) is 34.4 Å². The Kier molecular flexibility index (Phi) is 4.42. The summed E-state index contributed by atoms with van der Waals surface area (Å²) < 4.78 is 2.02. The normalized spacial score (nSPS) is 10.8. The second-order valence-corrected chi connectivity index (χ2v) is 5.68. The number of hydrogen-bond acceptors (Lipinski definition) is 3. The molecular formula is C19H19N3O. The van der Waals surface area contributed by atoms with Crippen molar-refractivity contribution in [1.82, 2.24) is 14.5 Å². The van der Waals surface area contributed by atoms with Crippen molar-refractivity contribution in [2.75, 3.05) is 20.6 Å². The molecule has 0 aliphatic carbocycles. The van der Waals surface area contributed by atoms with Crippen LogP contribution in [0.2, 0.25) is 0 Å². The van der Waals surface area contributed by atoms with Crippen molar-refractivity contribution in [2.45, 2.75) is 6.61 Å². The Morgan fingerprint density at radius 3 is 2.61 bits per heavy atom. The summed E-state index contributed by atoms with van der Waals surface area (Å²) in [5, 5.41) is 9.31. The Balaban J connectivity index is 1.91. The minimum Gasteiger partial charge on any atom is -0.392 e. The lowest BCUT2D eigenvalue weighted by atomic mass is 10.2. The molecule has 1 N–H and O–H groups in total. The van der Waals surface area contributed by atoms with E-state index in [1.165, 1.54) is 0 Å². The number of nitrogens with zero attached hydrogens (tertiary/aromatic N) is 3. The van der Waals surface area contributed by atoms with Gasteiger partial charge in [0.25, 0.3) is 0 Å². The van der Waals surface area contributed by atoms with Gasteiger partial charge in [-0.05, 0) is 56.1 Å². The van der Waals surface area contributed by atoms with Crippen molar-refractivity contribution in [3.8, 4) is 17.5 Å². The molecule has 1 aromatic heterocycles.